The van der Waals surface area contributed by atoms with E-state index in [9.17, 15) is 4.79 Å². The molecule has 0 spiro atoms. The van der Waals surface area contributed by atoms with Crippen LogP contribution in [-0.4, -0.2) is 48.9 Å². The summed E-state index contributed by atoms with van der Waals surface area (Å²) in [4.78, 5) is 14.0. The summed E-state index contributed by atoms with van der Waals surface area (Å²) in [5.74, 6) is 0.880. The summed E-state index contributed by atoms with van der Waals surface area (Å²) < 4.78 is 11.1. The summed E-state index contributed by atoms with van der Waals surface area (Å²) in [7, 11) is 0. The Morgan fingerprint density at radius 3 is 2.74 bits per heavy atom. The van der Waals surface area contributed by atoms with Crippen LogP contribution in [0.1, 0.15) is 33.6 Å². The normalized spacial score (nSPS) is 18.0. The molecule has 5 heteroatoms. The Bertz CT molecular complexity index is 485. The van der Waals surface area contributed by atoms with Gasteiger partial charge in [0, 0.05) is 25.7 Å². The maximum atomic E-state index is 12.2. The number of benzene rings is 1. The van der Waals surface area contributed by atoms with E-state index in [1.165, 1.54) is 0 Å². The Kier molecular flexibility index (Phi) is 6.28. The van der Waals surface area contributed by atoms with E-state index in [0.29, 0.717) is 6.61 Å². The number of amides is 1. The fourth-order valence-corrected chi connectivity index (χ4v) is 2.64. The van der Waals surface area contributed by atoms with E-state index < -0.39 is 5.60 Å². The highest BCUT2D eigenvalue weighted by Gasteiger charge is 2.31. The molecule has 1 amide bonds. The predicted molar refractivity (Wildman–Crippen MR) is 90.8 cm³/mol. The molecule has 0 saturated carbocycles. The Morgan fingerprint density at radius 2 is 2.04 bits per heavy atom. The van der Waals surface area contributed by atoms with Crippen LogP contribution in [0.5, 0.6) is 5.75 Å². The van der Waals surface area contributed by atoms with Crippen molar-refractivity contribution in [2.75, 3.05) is 26.2 Å². The van der Waals surface area contributed by atoms with Gasteiger partial charge in [-0.15, -0.1) is 0 Å². The van der Waals surface area contributed by atoms with Gasteiger partial charge < -0.3 is 19.7 Å². The van der Waals surface area contributed by atoms with E-state index in [0.717, 1.165) is 38.2 Å². The zero-order valence-corrected chi connectivity index (χ0v) is 14.4. The minimum absolute atomic E-state index is 0.206. The van der Waals surface area contributed by atoms with Gasteiger partial charge in [-0.2, -0.15) is 0 Å². The van der Waals surface area contributed by atoms with Crippen LogP contribution in [0.4, 0.5) is 4.79 Å². The first-order valence-corrected chi connectivity index (χ1v) is 8.34. The average molecular weight is 320 g/mol. The molecule has 5 nitrogen and oxygen atoms in total. The van der Waals surface area contributed by atoms with Gasteiger partial charge >= 0.3 is 6.09 Å². The van der Waals surface area contributed by atoms with Crippen molar-refractivity contribution in [2.24, 2.45) is 0 Å². The predicted octanol–water partition coefficient (Wildman–Crippen LogP) is 3.05. The second-order valence-corrected chi connectivity index (χ2v) is 6.84. The molecule has 1 fully saturated rings. The van der Waals surface area contributed by atoms with Gasteiger partial charge in [-0.3, -0.25) is 0 Å². The highest BCUT2D eigenvalue weighted by molar-refractivity contribution is 5.69. The number of nitrogens with zero attached hydrogens (tertiary/aromatic N) is 1. The van der Waals surface area contributed by atoms with Crippen LogP contribution in [0.3, 0.4) is 0 Å². The molecule has 1 aliphatic rings. The quantitative estimate of drug-likeness (QED) is 0.819. The molecule has 0 aliphatic carbocycles. The van der Waals surface area contributed by atoms with E-state index in [2.05, 4.69) is 5.32 Å². The zero-order valence-electron chi connectivity index (χ0n) is 14.4. The monoisotopic (exact) mass is 320 g/mol. The number of carbonyl (C=O) groups excluding carboxylic acids is 1. The second kappa shape index (κ2) is 8.20. The molecule has 1 aromatic carbocycles. The van der Waals surface area contributed by atoms with Gasteiger partial charge in [0.25, 0.3) is 0 Å². The fourth-order valence-electron chi connectivity index (χ4n) is 2.64. The van der Waals surface area contributed by atoms with Gasteiger partial charge in [0.1, 0.15) is 18.0 Å². The van der Waals surface area contributed by atoms with Gasteiger partial charge in [0.05, 0.1) is 0 Å². The molecule has 0 radical (unpaired) electrons. The highest BCUT2D eigenvalue weighted by Crippen LogP contribution is 2.20. The second-order valence-electron chi connectivity index (χ2n) is 6.84. The first-order valence-electron chi connectivity index (χ1n) is 8.34. The van der Waals surface area contributed by atoms with Gasteiger partial charge in [-0.1, -0.05) is 18.2 Å². The molecule has 1 N–H and O–H groups in total. The molecule has 1 atom stereocenters. The SMILES string of the molecule is CC(C)(C)OC(=O)N1CCCC1CNCCOc1ccccc1. The standard InChI is InChI=1S/C18H28N2O3/c1-18(2,3)23-17(21)20-12-7-8-15(20)14-19-11-13-22-16-9-5-4-6-10-16/h4-6,9-10,15,19H,7-8,11-14H2,1-3H3. The van der Waals surface area contributed by atoms with Gasteiger partial charge in [0.2, 0.25) is 0 Å². The zero-order chi connectivity index (χ0) is 16.7. The third kappa shape index (κ3) is 6.10. The summed E-state index contributed by atoms with van der Waals surface area (Å²) in [5.41, 5.74) is -0.443. The summed E-state index contributed by atoms with van der Waals surface area (Å²) in [6, 6.07) is 9.99. The lowest BCUT2D eigenvalue weighted by Gasteiger charge is -2.28. The minimum Gasteiger partial charge on any atom is -0.492 e. The van der Waals surface area contributed by atoms with Crippen LogP contribution in [0.15, 0.2) is 30.3 Å². The lowest BCUT2D eigenvalue weighted by Crippen LogP contribution is -2.44. The van der Waals surface area contributed by atoms with Crippen molar-refractivity contribution < 1.29 is 14.3 Å². The van der Waals surface area contributed by atoms with Crippen molar-refractivity contribution in [1.82, 2.24) is 10.2 Å². The first-order chi connectivity index (χ1) is 11.0. The van der Waals surface area contributed by atoms with Crippen molar-refractivity contribution in [3.8, 4) is 5.75 Å². The molecule has 1 heterocycles. The third-order valence-corrected chi connectivity index (χ3v) is 3.68. The molecule has 1 aliphatic heterocycles. The highest BCUT2D eigenvalue weighted by atomic mass is 16.6. The fraction of sp³-hybridized carbons (Fsp3) is 0.611. The summed E-state index contributed by atoms with van der Waals surface area (Å²) >= 11 is 0. The van der Waals surface area contributed by atoms with Crippen molar-refractivity contribution >= 4 is 6.09 Å². The minimum atomic E-state index is -0.443. The molecule has 2 rings (SSSR count). The lowest BCUT2D eigenvalue weighted by molar-refractivity contribution is 0.0226. The van der Waals surface area contributed by atoms with E-state index >= 15 is 0 Å². The molecule has 0 bridgehead atoms. The van der Waals surface area contributed by atoms with Crippen LogP contribution in [0, 0.1) is 0 Å². The van der Waals surface area contributed by atoms with Gasteiger partial charge in [0.15, 0.2) is 0 Å². The van der Waals surface area contributed by atoms with Crippen LogP contribution in [0.2, 0.25) is 0 Å². The Hall–Kier alpha value is -1.75. The molecular weight excluding hydrogens is 292 g/mol. The molecule has 23 heavy (non-hydrogen) atoms. The number of para-hydroxylation sites is 1. The van der Waals surface area contributed by atoms with Crippen molar-refractivity contribution in [3.05, 3.63) is 30.3 Å². The molecule has 1 unspecified atom stereocenters. The number of nitrogens with one attached hydrogen (secondary N) is 1. The Balaban J connectivity index is 1.67. The largest absolute Gasteiger partial charge is 0.492 e. The Labute approximate surface area is 139 Å². The molecule has 1 aromatic rings. The topological polar surface area (TPSA) is 50.8 Å². The summed E-state index contributed by atoms with van der Waals surface area (Å²) in [6.45, 7) is 8.62. The van der Waals surface area contributed by atoms with E-state index in [1.807, 2.05) is 56.0 Å². The molecule has 0 aromatic heterocycles. The molecule has 128 valence electrons. The van der Waals surface area contributed by atoms with E-state index in [-0.39, 0.29) is 12.1 Å². The van der Waals surface area contributed by atoms with Crippen molar-refractivity contribution in [3.63, 3.8) is 0 Å². The smallest absolute Gasteiger partial charge is 0.410 e. The maximum absolute atomic E-state index is 12.2. The number of carbonyl (C=O) groups is 1. The Morgan fingerprint density at radius 1 is 1.30 bits per heavy atom. The van der Waals surface area contributed by atoms with Crippen LogP contribution >= 0.6 is 0 Å². The number of likely N-dealkylation sites (tertiary alicyclic amines) is 1. The molecular formula is C18H28N2O3. The number of ether oxygens (including phenoxy) is 2. The number of rotatable bonds is 6. The van der Waals surface area contributed by atoms with Crippen LogP contribution in [0.25, 0.3) is 0 Å². The van der Waals surface area contributed by atoms with E-state index in [4.69, 9.17) is 9.47 Å². The van der Waals surface area contributed by atoms with Crippen molar-refractivity contribution in [1.29, 1.82) is 0 Å². The summed E-state index contributed by atoms with van der Waals surface area (Å²) in [5, 5.41) is 3.37. The average Bonchev–Trinajstić information content (AvgIpc) is 2.95. The van der Waals surface area contributed by atoms with Crippen LogP contribution in [-0.2, 0) is 4.74 Å². The number of hydrogen-bond acceptors (Lipinski definition) is 4. The van der Waals surface area contributed by atoms with Crippen molar-refractivity contribution in [2.45, 2.75) is 45.3 Å². The van der Waals surface area contributed by atoms with E-state index in [1.54, 1.807) is 0 Å². The summed E-state index contributed by atoms with van der Waals surface area (Å²) in [6.07, 6.45) is 1.85. The first kappa shape index (κ1) is 17.6. The lowest BCUT2D eigenvalue weighted by atomic mass is 10.2. The maximum Gasteiger partial charge on any atom is 0.410 e. The number of hydrogen-bond donors (Lipinski definition) is 1. The van der Waals surface area contributed by atoms with Crippen LogP contribution < -0.4 is 10.1 Å². The third-order valence-electron chi connectivity index (χ3n) is 3.68. The van der Waals surface area contributed by atoms with Gasteiger partial charge in [-0.25, -0.2) is 4.79 Å². The van der Waals surface area contributed by atoms with Gasteiger partial charge in [-0.05, 0) is 45.7 Å². The molecule has 1 saturated heterocycles.